The second-order valence-corrected chi connectivity index (χ2v) is 4.86. The van der Waals surface area contributed by atoms with Gasteiger partial charge in [0, 0.05) is 18.8 Å². The summed E-state index contributed by atoms with van der Waals surface area (Å²) in [7, 11) is 1.52. The van der Waals surface area contributed by atoms with E-state index in [0.29, 0.717) is 18.0 Å². The Kier molecular flexibility index (Phi) is 5.74. The third-order valence-corrected chi connectivity index (χ3v) is 3.21. The Morgan fingerprint density at radius 3 is 2.48 bits per heavy atom. The normalized spacial score (nSPS) is 10.0. The Morgan fingerprint density at radius 2 is 1.78 bits per heavy atom. The van der Waals surface area contributed by atoms with Gasteiger partial charge < -0.3 is 14.4 Å². The zero-order valence-corrected chi connectivity index (χ0v) is 13.2. The van der Waals surface area contributed by atoms with E-state index >= 15 is 0 Å². The minimum atomic E-state index is -0.870. The summed E-state index contributed by atoms with van der Waals surface area (Å²) in [6.07, 6.45) is 0. The van der Waals surface area contributed by atoms with Gasteiger partial charge in [-0.3, -0.25) is 4.79 Å². The number of ether oxygens (including phenoxy) is 2. The lowest BCUT2D eigenvalue weighted by molar-refractivity contribution is -0.153. The summed E-state index contributed by atoms with van der Waals surface area (Å²) in [5.74, 6) is -0.965. The predicted octanol–water partition coefficient (Wildman–Crippen LogP) is 2.79. The zero-order valence-electron chi connectivity index (χ0n) is 13.2. The number of benzene rings is 2. The van der Waals surface area contributed by atoms with Crippen molar-refractivity contribution in [2.75, 3.05) is 18.6 Å². The first-order valence-electron chi connectivity index (χ1n) is 7.33. The number of amides is 1. The van der Waals surface area contributed by atoms with Crippen LogP contribution < -0.4 is 9.64 Å². The Balaban J connectivity index is 2.04. The summed E-state index contributed by atoms with van der Waals surface area (Å²) >= 11 is 0. The van der Waals surface area contributed by atoms with Crippen molar-refractivity contribution in [2.45, 2.75) is 13.5 Å². The molecule has 0 aliphatic rings. The second kappa shape index (κ2) is 7.98. The number of carbonyl (C=O) groups is 2. The molecule has 23 heavy (non-hydrogen) atoms. The lowest BCUT2D eigenvalue weighted by Crippen LogP contribution is -2.34. The molecule has 0 atom stereocenters. The van der Waals surface area contributed by atoms with Gasteiger partial charge in [-0.25, -0.2) is 4.79 Å². The van der Waals surface area contributed by atoms with Gasteiger partial charge in [0.15, 0.2) is 0 Å². The fourth-order valence-corrected chi connectivity index (χ4v) is 1.97. The first kappa shape index (κ1) is 16.5. The van der Waals surface area contributed by atoms with Gasteiger partial charge in [0.2, 0.25) is 0 Å². The highest BCUT2D eigenvalue weighted by molar-refractivity contribution is 6.37. The number of hydrogen-bond acceptors (Lipinski definition) is 4. The van der Waals surface area contributed by atoms with E-state index in [2.05, 4.69) is 0 Å². The van der Waals surface area contributed by atoms with Gasteiger partial charge in [0.1, 0.15) is 12.4 Å². The number of esters is 1. The van der Waals surface area contributed by atoms with Gasteiger partial charge in [-0.2, -0.15) is 0 Å². The number of hydrogen-bond donors (Lipinski definition) is 0. The summed E-state index contributed by atoms with van der Waals surface area (Å²) < 4.78 is 10.4. The van der Waals surface area contributed by atoms with Crippen molar-refractivity contribution in [3.8, 4) is 5.75 Å². The van der Waals surface area contributed by atoms with Crippen molar-refractivity contribution >= 4 is 17.6 Å². The molecule has 0 bridgehead atoms. The van der Waals surface area contributed by atoms with E-state index in [9.17, 15) is 9.59 Å². The Hall–Kier alpha value is -2.82. The van der Waals surface area contributed by atoms with Gasteiger partial charge in [0.05, 0.1) is 6.61 Å². The molecule has 0 aliphatic carbocycles. The van der Waals surface area contributed by atoms with Crippen LogP contribution in [0.15, 0.2) is 54.6 Å². The Morgan fingerprint density at radius 1 is 1.04 bits per heavy atom. The van der Waals surface area contributed by atoms with Crippen LogP contribution in [0.5, 0.6) is 5.75 Å². The lowest BCUT2D eigenvalue weighted by Gasteiger charge is -2.17. The summed E-state index contributed by atoms with van der Waals surface area (Å²) in [5, 5.41) is 0. The van der Waals surface area contributed by atoms with E-state index in [1.807, 2.05) is 30.3 Å². The van der Waals surface area contributed by atoms with Crippen molar-refractivity contribution in [3.63, 3.8) is 0 Å². The topological polar surface area (TPSA) is 55.8 Å². The van der Waals surface area contributed by atoms with Crippen LogP contribution in [0.3, 0.4) is 0 Å². The highest BCUT2D eigenvalue weighted by Crippen LogP contribution is 2.21. The fraction of sp³-hybridized carbons (Fsp3) is 0.222. The zero-order chi connectivity index (χ0) is 16.7. The molecular formula is C18H19NO4. The summed E-state index contributed by atoms with van der Waals surface area (Å²) in [4.78, 5) is 24.7. The number of carbonyl (C=O) groups excluding carboxylic acids is 2. The Bertz CT molecular complexity index is 670. The monoisotopic (exact) mass is 313 g/mol. The SMILES string of the molecule is CCOC(=O)C(=O)N(C)c1cccc(OCc2ccccc2)c1. The second-order valence-electron chi connectivity index (χ2n) is 4.86. The first-order valence-corrected chi connectivity index (χ1v) is 7.33. The van der Waals surface area contributed by atoms with Crippen LogP contribution >= 0.6 is 0 Å². The van der Waals surface area contributed by atoms with Crippen molar-refractivity contribution in [3.05, 3.63) is 60.2 Å². The molecule has 0 N–H and O–H groups in total. The molecule has 5 nitrogen and oxygen atoms in total. The quantitative estimate of drug-likeness (QED) is 0.629. The molecule has 0 aliphatic heterocycles. The van der Waals surface area contributed by atoms with Crippen LogP contribution in [0.4, 0.5) is 5.69 Å². The van der Waals surface area contributed by atoms with E-state index in [4.69, 9.17) is 9.47 Å². The molecule has 1 amide bonds. The third kappa shape index (κ3) is 4.57. The molecule has 0 fully saturated rings. The van der Waals surface area contributed by atoms with Crippen LogP contribution in [-0.4, -0.2) is 25.5 Å². The highest BCUT2D eigenvalue weighted by Gasteiger charge is 2.21. The number of anilines is 1. The van der Waals surface area contributed by atoms with E-state index in [1.54, 1.807) is 31.2 Å². The van der Waals surface area contributed by atoms with Crippen LogP contribution in [-0.2, 0) is 20.9 Å². The Labute approximate surface area is 135 Å². The van der Waals surface area contributed by atoms with E-state index in [1.165, 1.54) is 11.9 Å². The van der Waals surface area contributed by atoms with Gasteiger partial charge in [-0.1, -0.05) is 36.4 Å². The molecule has 2 aromatic rings. The maximum Gasteiger partial charge on any atom is 0.397 e. The van der Waals surface area contributed by atoms with Crippen molar-refractivity contribution in [1.82, 2.24) is 0 Å². The van der Waals surface area contributed by atoms with Crippen LogP contribution in [0.25, 0.3) is 0 Å². The number of likely N-dealkylation sites (N-methyl/N-ethyl adjacent to an activating group) is 1. The van der Waals surface area contributed by atoms with Crippen molar-refractivity contribution < 1.29 is 19.1 Å². The van der Waals surface area contributed by atoms with Gasteiger partial charge in [0.25, 0.3) is 0 Å². The van der Waals surface area contributed by atoms with Crippen molar-refractivity contribution in [2.24, 2.45) is 0 Å². The van der Waals surface area contributed by atoms with Crippen LogP contribution in [0.2, 0.25) is 0 Å². The molecule has 0 heterocycles. The molecule has 0 saturated carbocycles. The van der Waals surface area contributed by atoms with Crippen LogP contribution in [0.1, 0.15) is 12.5 Å². The molecule has 2 rings (SSSR count). The minimum Gasteiger partial charge on any atom is -0.489 e. The van der Waals surface area contributed by atoms with E-state index in [0.717, 1.165) is 5.56 Å². The summed E-state index contributed by atoms with van der Waals surface area (Å²) in [5.41, 5.74) is 1.61. The molecule has 0 radical (unpaired) electrons. The summed E-state index contributed by atoms with van der Waals surface area (Å²) in [6, 6.07) is 16.8. The maximum absolute atomic E-state index is 11.9. The average Bonchev–Trinajstić information content (AvgIpc) is 2.60. The predicted molar refractivity (Wildman–Crippen MR) is 87.3 cm³/mol. The lowest BCUT2D eigenvalue weighted by atomic mass is 10.2. The molecule has 0 saturated heterocycles. The molecule has 2 aromatic carbocycles. The molecule has 0 aromatic heterocycles. The molecule has 0 unspecified atom stereocenters. The summed E-state index contributed by atoms with van der Waals surface area (Å²) in [6.45, 7) is 2.25. The standard InChI is InChI=1S/C18H19NO4/c1-3-22-18(21)17(20)19(2)15-10-7-11-16(12-15)23-13-14-8-5-4-6-9-14/h4-12H,3,13H2,1-2H3. The van der Waals surface area contributed by atoms with Gasteiger partial charge in [-0.15, -0.1) is 0 Å². The fourth-order valence-electron chi connectivity index (χ4n) is 1.97. The highest BCUT2D eigenvalue weighted by atomic mass is 16.5. The maximum atomic E-state index is 11.9. The largest absolute Gasteiger partial charge is 0.489 e. The van der Waals surface area contributed by atoms with E-state index < -0.39 is 11.9 Å². The van der Waals surface area contributed by atoms with Gasteiger partial charge >= 0.3 is 11.9 Å². The molecular weight excluding hydrogens is 294 g/mol. The molecule has 0 spiro atoms. The van der Waals surface area contributed by atoms with E-state index in [-0.39, 0.29) is 6.61 Å². The van der Waals surface area contributed by atoms with Gasteiger partial charge in [-0.05, 0) is 24.6 Å². The third-order valence-electron chi connectivity index (χ3n) is 3.21. The molecule has 120 valence electrons. The molecule has 5 heteroatoms. The minimum absolute atomic E-state index is 0.165. The number of nitrogens with zero attached hydrogens (tertiary/aromatic N) is 1. The number of rotatable bonds is 5. The smallest absolute Gasteiger partial charge is 0.397 e. The first-order chi connectivity index (χ1) is 11.1. The van der Waals surface area contributed by atoms with Crippen LogP contribution in [0, 0.1) is 0 Å². The van der Waals surface area contributed by atoms with Crippen molar-refractivity contribution in [1.29, 1.82) is 0 Å². The average molecular weight is 313 g/mol.